The highest BCUT2D eigenvalue weighted by atomic mass is 19.1. The van der Waals surface area contributed by atoms with Crippen molar-refractivity contribution in [3.63, 3.8) is 0 Å². The van der Waals surface area contributed by atoms with Gasteiger partial charge in [0.25, 0.3) is 0 Å². The molecule has 3 heteroatoms. The third kappa shape index (κ3) is 1.87. The Morgan fingerprint density at radius 1 is 1.50 bits per heavy atom. The molecule has 1 heterocycles. The number of benzene rings is 1. The zero-order chi connectivity index (χ0) is 9.97. The van der Waals surface area contributed by atoms with Crippen molar-refractivity contribution in [2.45, 2.75) is 19.4 Å². The first-order valence-electron chi connectivity index (χ1n) is 4.77. The highest BCUT2D eigenvalue weighted by molar-refractivity contribution is 5.30. The molecule has 1 fully saturated rings. The summed E-state index contributed by atoms with van der Waals surface area (Å²) in [6.45, 7) is 3.00. The lowest BCUT2D eigenvalue weighted by atomic mass is 10.2. The van der Waals surface area contributed by atoms with Gasteiger partial charge in [0.05, 0.1) is 13.2 Å². The molecule has 0 saturated carbocycles. The molecule has 0 aliphatic carbocycles. The van der Waals surface area contributed by atoms with E-state index in [-0.39, 0.29) is 11.9 Å². The van der Waals surface area contributed by atoms with E-state index in [2.05, 4.69) is 0 Å². The van der Waals surface area contributed by atoms with E-state index in [0.29, 0.717) is 24.5 Å². The molecule has 0 spiro atoms. The fourth-order valence-corrected chi connectivity index (χ4v) is 1.50. The Labute approximate surface area is 82.6 Å². The minimum absolute atomic E-state index is 0.00583. The van der Waals surface area contributed by atoms with Gasteiger partial charge in [-0.3, -0.25) is 0 Å². The van der Waals surface area contributed by atoms with Crippen LogP contribution in [0.25, 0.3) is 0 Å². The first kappa shape index (κ1) is 9.46. The van der Waals surface area contributed by atoms with Crippen molar-refractivity contribution in [1.29, 1.82) is 0 Å². The van der Waals surface area contributed by atoms with Gasteiger partial charge in [-0.15, -0.1) is 0 Å². The molecular formula is C11H13FO2. The fraction of sp³-hybridized carbons (Fsp3) is 0.455. The van der Waals surface area contributed by atoms with Crippen LogP contribution in [0, 0.1) is 12.7 Å². The van der Waals surface area contributed by atoms with Gasteiger partial charge in [0.2, 0.25) is 0 Å². The lowest BCUT2D eigenvalue weighted by molar-refractivity contribution is 0.138. The topological polar surface area (TPSA) is 18.5 Å². The molecule has 1 aromatic carbocycles. The Hall–Kier alpha value is -1.09. The van der Waals surface area contributed by atoms with Crippen LogP contribution in [-0.2, 0) is 4.74 Å². The molecule has 1 atom stereocenters. The second kappa shape index (κ2) is 3.96. The summed E-state index contributed by atoms with van der Waals surface area (Å²) in [4.78, 5) is 0. The molecule has 0 aromatic heterocycles. The van der Waals surface area contributed by atoms with Crippen LogP contribution in [0.2, 0.25) is 0 Å². The van der Waals surface area contributed by atoms with Gasteiger partial charge in [0, 0.05) is 6.42 Å². The molecule has 1 unspecified atom stereocenters. The third-order valence-corrected chi connectivity index (χ3v) is 2.34. The van der Waals surface area contributed by atoms with E-state index in [0.717, 1.165) is 6.42 Å². The molecule has 2 nitrogen and oxygen atoms in total. The van der Waals surface area contributed by atoms with Crippen LogP contribution >= 0.6 is 0 Å². The van der Waals surface area contributed by atoms with Crippen molar-refractivity contribution in [3.8, 4) is 5.75 Å². The molecule has 0 radical (unpaired) electrons. The molecule has 0 amide bonds. The van der Waals surface area contributed by atoms with E-state index >= 15 is 0 Å². The summed E-state index contributed by atoms with van der Waals surface area (Å²) < 4.78 is 24.1. The van der Waals surface area contributed by atoms with Crippen molar-refractivity contribution in [2.24, 2.45) is 0 Å². The Morgan fingerprint density at radius 2 is 2.36 bits per heavy atom. The summed E-state index contributed by atoms with van der Waals surface area (Å²) in [5, 5.41) is 0. The smallest absolute Gasteiger partial charge is 0.167 e. The van der Waals surface area contributed by atoms with E-state index in [9.17, 15) is 4.39 Å². The zero-order valence-corrected chi connectivity index (χ0v) is 8.13. The van der Waals surface area contributed by atoms with Crippen LogP contribution in [0.15, 0.2) is 18.2 Å². The average Bonchev–Trinajstić information content (AvgIpc) is 2.66. The van der Waals surface area contributed by atoms with E-state index in [4.69, 9.17) is 9.47 Å². The number of halogens is 1. The quantitative estimate of drug-likeness (QED) is 0.722. The minimum Gasteiger partial charge on any atom is -0.485 e. The molecule has 0 N–H and O–H groups in total. The van der Waals surface area contributed by atoms with Crippen LogP contribution in [0.1, 0.15) is 12.0 Å². The standard InChI is InChI=1S/C11H13FO2/c1-8-3-2-4-10(11(8)12)14-9-5-6-13-7-9/h2-4,9H,5-7H2,1H3. The van der Waals surface area contributed by atoms with Crippen molar-refractivity contribution in [2.75, 3.05) is 13.2 Å². The molecule has 14 heavy (non-hydrogen) atoms. The second-order valence-electron chi connectivity index (χ2n) is 3.49. The maximum atomic E-state index is 13.5. The monoisotopic (exact) mass is 196 g/mol. The van der Waals surface area contributed by atoms with E-state index in [1.165, 1.54) is 0 Å². The second-order valence-corrected chi connectivity index (χ2v) is 3.49. The molecular weight excluding hydrogens is 183 g/mol. The predicted molar refractivity (Wildman–Crippen MR) is 51.0 cm³/mol. The highest BCUT2D eigenvalue weighted by Crippen LogP contribution is 2.22. The Bertz CT molecular complexity index is 319. The van der Waals surface area contributed by atoms with Gasteiger partial charge >= 0.3 is 0 Å². The summed E-state index contributed by atoms with van der Waals surface area (Å²) in [7, 11) is 0. The summed E-state index contributed by atoms with van der Waals surface area (Å²) in [5.74, 6) is 0.0694. The van der Waals surface area contributed by atoms with E-state index in [1.54, 1.807) is 25.1 Å². The number of hydrogen-bond acceptors (Lipinski definition) is 2. The highest BCUT2D eigenvalue weighted by Gasteiger charge is 2.18. The maximum absolute atomic E-state index is 13.5. The number of rotatable bonds is 2. The average molecular weight is 196 g/mol. The Morgan fingerprint density at radius 3 is 3.07 bits per heavy atom. The van der Waals surface area contributed by atoms with Crippen LogP contribution < -0.4 is 4.74 Å². The lowest BCUT2D eigenvalue weighted by Crippen LogP contribution is -2.16. The fourth-order valence-electron chi connectivity index (χ4n) is 1.50. The van der Waals surface area contributed by atoms with Crippen LogP contribution in [0.3, 0.4) is 0 Å². The van der Waals surface area contributed by atoms with Gasteiger partial charge < -0.3 is 9.47 Å². The normalized spacial score (nSPS) is 21.1. The van der Waals surface area contributed by atoms with Gasteiger partial charge in [-0.1, -0.05) is 12.1 Å². The number of aryl methyl sites for hydroxylation is 1. The van der Waals surface area contributed by atoms with Crippen molar-refractivity contribution < 1.29 is 13.9 Å². The molecule has 76 valence electrons. The SMILES string of the molecule is Cc1cccc(OC2CCOC2)c1F. The van der Waals surface area contributed by atoms with Crippen molar-refractivity contribution in [3.05, 3.63) is 29.6 Å². The van der Waals surface area contributed by atoms with Gasteiger partial charge in [-0.05, 0) is 18.6 Å². The number of hydrogen-bond donors (Lipinski definition) is 0. The third-order valence-electron chi connectivity index (χ3n) is 2.34. The van der Waals surface area contributed by atoms with Gasteiger partial charge in [0.1, 0.15) is 6.10 Å². The van der Waals surface area contributed by atoms with Gasteiger partial charge in [-0.2, -0.15) is 0 Å². The first-order chi connectivity index (χ1) is 6.77. The van der Waals surface area contributed by atoms with Crippen molar-refractivity contribution in [1.82, 2.24) is 0 Å². The Kier molecular flexibility index (Phi) is 2.68. The van der Waals surface area contributed by atoms with Crippen molar-refractivity contribution >= 4 is 0 Å². The van der Waals surface area contributed by atoms with E-state index < -0.39 is 0 Å². The first-order valence-corrected chi connectivity index (χ1v) is 4.77. The van der Waals surface area contributed by atoms with Gasteiger partial charge in [0.15, 0.2) is 11.6 Å². The summed E-state index contributed by atoms with van der Waals surface area (Å²) in [6, 6.07) is 5.18. The Balaban J connectivity index is 2.11. The molecule has 1 saturated heterocycles. The lowest BCUT2D eigenvalue weighted by Gasteiger charge is -2.12. The zero-order valence-electron chi connectivity index (χ0n) is 8.13. The largest absolute Gasteiger partial charge is 0.485 e. The summed E-state index contributed by atoms with van der Waals surface area (Å²) in [5.41, 5.74) is 0.612. The van der Waals surface area contributed by atoms with Gasteiger partial charge in [-0.25, -0.2) is 4.39 Å². The maximum Gasteiger partial charge on any atom is 0.167 e. The van der Waals surface area contributed by atoms with Crippen LogP contribution in [-0.4, -0.2) is 19.3 Å². The molecule has 1 aliphatic heterocycles. The predicted octanol–water partition coefficient (Wildman–Crippen LogP) is 2.30. The summed E-state index contributed by atoms with van der Waals surface area (Å²) >= 11 is 0. The molecule has 0 bridgehead atoms. The molecule has 2 rings (SSSR count). The molecule has 1 aliphatic rings. The van der Waals surface area contributed by atoms with E-state index in [1.807, 2.05) is 0 Å². The van der Waals surface area contributed by atoms with Crippen LogP contribution in [0.4, 0.5) is 4.39 Å². The van der Waals surface area contributed by atoms with Crippen LogP contribution in [0.5, 0.6) is 5.75 Å². The molecule has 1 aromatic rings. The minimum atomic E-state index is -0.264. The number of ether oxygens (including phenoxy) is 2. The summed E-state index contributed by atoms with van der Waals surface area (Å²) in [6.07, 6.45) is 0.846.